The Morgan fingerprint density at radius 1 is 1.20 bits per heavy atom. The molecular weight excluding hydrogens is 270 g/mol. The molecule has 0 spiro atoms. The molecule has 1 aromatic heterocycles. The minimum Gasteiger partial charge on any atom is -0.271 e. The van der Waals surface area contributed by atoms with Crippen molar-refractivity contribution in [2.45, 2.75) is 32.7 Å². The highest BCUT2D eigenvalue weighted by Gasteiger charge is 2.12. The molecule has 20 heavy (non-hydrogen) atoms. The molecule has 0 saturated carbocycles. The Morgan fingerprint density at radius 2 is 1.95 bits per heavy atom. The Morgan fingerprint density at radius 3 is 2.65 bits per heavy atom. The van der Waals surface area contributed by atoms with Gasteiger partial charge in [0, 0.05) is 18.4 Å². The second-order valence-electron chi connectivity index (χ2n) is 5.17. The minimum absolute atomic E-state index is 0.149. The number of nitrogens with zero attached hydrogens (tertiary/aromatic N) is 1. The molecule has 0 amide bonds. The summed E-state index contributed by atoms with van der Waals surface area (Å²) in [5.74, 6) is 5.70. The van der Waals surface area contributed by atoms with Gasteiger partial charge < -0.3 is 0 Å². The molecule has 0 bridgehead atoms. The van der Waals surface area contributed by atoms with Gasteiger partial charge in [0.1, 0.15) is 0 Å². The second-order valence-corrected chi connectivity index (χ2v) is 5.58. The molecule has 0 radical (unpaired) electrons. The Hall–Kier alpha value is -1.42. The summed E-state index contributed by atoms with van der Waals surface area (Å²) in [7, 11) is 0. The van der Waals surface area contributed by atoms with Gasteiger partial charge in [0.05, 0.1) is 5.02 Å². The van der Waals surface area contributed by atoms with Gasteiger partial charge in [0.15, 0.2) is 0 Å². The lowest BCUT2D eigenvalue weighted by Gasteiger charge is -2.18. The number of nitrogens with two attached hydrogens (primary N) is 1. The van der Waals surface area contributed by atoms with Crippen molar-refractivity contribution in [1.82, 2.24) is 10.4 Å². The van der Waals surface area contributed by atoms with Gasteiger partial charge >= 0.3 is 0 Å². The van der Waals surface area contributed by atoms with Crippen molar-refractivity contribution in [1.29, 1.82) is 0 Å². The van der Waals surface area contributed by atoms with Crippen LogP contribution in [0.15, 0.2) is 36.7 Å². The van der Waals surface area contributed by atoms with E-state index in [0.29, 0.717) is 5.02 Å². The molecule has 0 aliphatic rings. The van der Waals surface area contributed by atoms with E-state index in [-0.39, 0.29) is 6.04 Å². The molecule has 1 atom stereocenters. The van der Waals surface area contributed by atoms with Crippen LogP contribution in [0.3, 0.4) is 0 Å². The predicted molar refractivity (Wildman–Crippen MR) is 83.7 cm³/mol. The van der Waals surface area contributed by atoms with Gasteiger partial charge in [0.25, 0.3) is 0 Å². The zero-order valence-electron chi connectivity index (χ0n) is 11.9. The molecule has 3 nitrogen and oxygen atoms in total. The van der Waals surface area contributed by atoms with Gasteiger partial charge in [0.2, 0.25) is 0 Å². The van der Waals surface area contributed by atoms with Crippen molar-refractivity contribution in [3.05, 3.63) is 63.9 Å². The van der Waals surface area contributed by atoms with Crippen molar-refractivity contribution in [3.8, 4) is 0 Å². The summed E-state index contributed by atoms with van der Waals surface area (Å²) in [6, 6.07) is 8.58. The molecule has 0 aliphatic carbocycles. The van der Waals surface area contributed by atoms with Crippen molar-refractivity contribution in [2.24, 2.45) is 5.84 Å². The van der Waals surface area contributed by atoms with Gasteiger partial charge in [-0.2, -0.15) is 0 Å². The first-order valence-corrected chi connectivity index (χ1v) is 7.08. The van der Waals surface area contributed by atoms with E-state index in [2.05, 4.69) is 42.5 Å². The van der Waals surface area contributed by atoms with Gasteiger partial charge in [-0.05, 0) is 49.4 Å². The molecule has 3 N–H and O–H groups in total. The highest BCUT2D eigenvalue weighted by atomic mass is 35.5. The van der Waals surface area contributed by atoms with Gasteiger partial charge in [-0.1, -0.05) is 35.4 Å². The van der Waals surface area contributed by atoms with E-state index in [1.807, 2.05) is 6.07 Å². The van der Waals surface area contributed by atoms with Crippen LogP contribution in [0.4, 0.5) is 0 Å². The van der Waals surface area contributed by atoms with Crippen LogP contribution in [-0.4, -0.2) is 11.0 Å². The quantitative estimate of drug-likeness (QED) is 0.657. The molecule has 4 heteroatoms. The summed E-state index contributed by atoms with van der Waals surface area (Å²) >= 11 is 6.15. The van der Waals surface area contributed by atoms with Crippen LogP contribution in [0, 0.1) is 13.8 Å². The molecule has 1 aromatic carbocycles. The highest BCUT2D eigenvalue weighted by Crippen LogP contribution is 2.18. The summed E-state index contributed by atoms with van der Waals surface area (Å²) in [6.07, 6.45) is 5.09. The molecule has 1 unspecified atom stereocenters. The van der Waals surface area contributed by atoms with Crippen molar-refractivity contribution in [3.63, 3.8) is 0 Å². The summed E-state index contributed by atoms with van der Waals surface area (Å²) in [6.45, 7) is 4.23. The van der Waals surface area contributed by atoms with Crippen LogP contribution in [-0.2, 0) is 12.8 Å². The number of benzene rings is 1. The third-order valence-corrected chi connectivity index (χ3v) is 3.87. The molecule has 2 rings (SSSR count). The molecule has 0 aliphatic heterocycles. The number of aryl methyl sites for hydroxylation is 2. The summed E-state index contributed by atoms with van der Waals surface area (Å²) < 4.78 is 0. The lowest BCUT2D eigenvalue weighted by molar-refractivity contribution is 0.521. The van der Waals surface area contributed by atoms with E-state index < -0.39 is 0 Å². The van der Waals surface area contributed by atoms with Crippen molar-refractivity contribution in [2.75, 3.05) is 0 Å². The lowest BCUT2D eigenvalue weighted by Crippen LogP contribution is -2.38. The van der Waals surface area contributed by atoms with Gasteiger partial charge in [-0.15, -0.1) is 0 Å². The van der Waals surface area contributed by atoms with Crippen LogP contribution in [0.1, 0.15) is 22.3 Å². The Kier molecular flexibility index (Phi) is 5.12. The molecule has 1 heterocycles. The topological polar surface area (TPSA) is 50.9 Å². The third kappa shape index (κ3) is 3.79. The fourth-order valence-electron chi connectivity index (χ4n) is 2.31. The largest absolute Gasteiger partial charge is 0.271 e. The number of nitrogens with one attached hydrogen (secondary N) is 1. The summed E-state index contributed by atoms with van der Waals surface area (Å²) in [5.41, 5.74) is 7.83. The van der Waals surface area contributed by atoms with Crippen LogP contribution in [0.25, 0.3) is 0 Å². The molecular formula is C16H20ClN3. The first-order valence-electron chi connectivity index (χ1n) is 6.71. The van der Waals surface area contributed by atoms with Gasteiger partial charge in [-0.3, -0.25) is 16.3 Å². The van der Waals surface area contributed by atoms with E-state index in [1.54, 1.807) is 12.4 Å². The number of rotatable bonds is 5. The monoisotopic (exact) mass is 289 g/mol. The Bertz CT molecular complexity index is 584. The van der Waals surface area contributed by atoms with Crippen LogP contribution in [0.5, 0.6) is 0 Å². The maximum atomic E-state index is 6.15. The van der Waals surface area contributed by atoms with Gasteiger partial charge in [-0.25, -0.2) is 0 Å². The number of hydrazine groups is 1. The van der Waals surface area contributed by atoms with E-state index in [1.165, 1.54) is 16.7 Å². The van der Waals surface area contributed by atoms with E-state index in [4.69, 9.17) is 17.4 Å². The average Bonchev–Trinajstić information content (AvgIpc) is 2.44. The third-order valence-electron chi connectivity index (χ3n) is 3.53. The Balaban J connectivity index is 2.13. The number of hydrogen-bond acceptors (Lipinski definition) is 3. The first kappa shape index (κ1) is 15.0. The average molecular weight is 290 g/mol. The minimum atomic E-state index is 0.149. The van der Waals surface area contributed by atoms with Crippen LogP contribution < -0.4 is 11.3 Å². The first-order chi connectivity index (χ1) is 9.60. The fraction of sp³-hybridized carbons (Fsp3) is 0.312. The van der Waals surface area contributed by atoms with E-state index in [9.17, 15) is 0 Å². The molecule has 106 valence electrons. The van der Waals surface area contributed by atoms with E-state index in [0.717, 1.165) is 18.4 Å². The standard InChI is InChI=1S/C16H20ClN3/c1-11-3-4-12(2)14(7-11)9-15(20-18)8-13-5-6-19-10-16(13)17/h3-7,10,15,20H,8-9,18H2,1-2H3. The van der Waals surface area contributed by atoms with Crippen molar-refractivity contribution < 1.29 is 0 Å². The zero-order chi connectivity index (χ0) is 14.5. The maximum Gasteiger partial charge on any atom is 0.0621 e. The zero-order valence-corrected chi connectivity index (χ0v) is 12.6. The number of pyridine rings is 1. The second kappa shape index (κ2) is 6.84. The number of aromatic nitrogens is 1. The van der Waals surface area contributed by atoms with Crippen molar-refractivity contribution >= 4 is 11.6 Å². The Labute approximate surface area is 125 Å². The fourth-order valence-corrected chi connectivity index (χ4v) is 2.51. The maximum absolute atomic E-state index is 6.15. The summed E-state index contributed by atoms with van der Waals surface area (Å²) in [5, 5.41) is 0.689. The summed E-state index contributed by atoms with van der Waals surface area (Å²) in [4.78, 5) is 4.00. The molecule has 0 saturated heterocycles. The number of halogens is 1. The smallest absolute Gasteiger partial charge is 0.0621 e. The highest BCUT2D eigenvalue weighted by molar-refractivity contribution is 6.31. The predicted octanol–water partition coefficient (Wildman–Crippen LogP) is 2.97. The van der Waals surface area contributed by atoms with Crippen LogP contribution in [0.2, 0.25) is 5.02 Å². The normalized spacial score (nSPS) is 12.4. The van der Waals surface area contributed by atoms with Crippen LogP contribution >= 0.6 is 11.6 Å². The SMILES string of the molecule is Cc1ccc(C)c(CC(Cc2ccncc2Cl)NN)c1. The van der Waals surface area contributed by atoms with E-state index >= 15 is 0 Å². The lowest BCUT2D eigenvalue weighted by atomic mass is 9.96. The molecule has 2 aromatic rings. The number of hydrogen-bond donors (Lipinski definition) is 2. The molecule has 0 fully saturated rings.